The molecule has 90 valence electrons. The van der Waals surface area contributed by atoms with Crippen LogP contribution in [-0.4, -0.2) is 24.3 Å². The van der Waals surface area contributed by atoms with E-state index >= 15 is 0 Å². The van der Waals surface area contributed by atoms with Gasteiger partial charge >= 0.3 is 0 Å². The molecule has 1 unspecified atom stereocenters. The van der Waals surface area contributed by atoms with Gasteiger partial charge in [-0.3, -0.25) is 0 Å². The number of nitrogens with one attached hydrogen (secondary N) is 1. The van der Waals surface area contributed by atoms with Crippen molar-refractivity contribution in [3.8, 4) is 0 Å². The second-order valence-corrected chi connectivity index (χ2v) is 4.17. The van der Waals surface area contributed by atoms with Crippen LogP contribution < -0.4 is 11.1 Å². The molecule has 1 aromatic carbocycles. The van der Waals surface area contributed by atoms with Crippen molar-refractivity contribution in [2.75, 3.05) is 18.4 Å². The maximum absolute atomic E-state index is 9.48. The van der Waals surface area contributed by atoms with E-state index in [1.807, 2.05) is 6.07 Å². The molecule has 0 spiro atoms. The van der Waals surface area contributed by atoms with E-state index in [4.69, 9.17) is 5.73 Å². The standard InChI is InChI=1S/C13H22N2O/c1-11-4-2-5-12(10-11)15-9-3-6-13(16)7-8-14/h2,4-5,10,13,15-16H,3,6-9,14H2,1H3. The number of aliphatic hydroxyl groups excluding tert-OH is 1. The fraction of sp³-hybridized carbons (Fsp3) is 0.538. The summed E-state index contributed by atoms with van der Waals surface area (Å²) < 4.78 is 0. The number of aryl methyl sites for hydroxylation is 1. The van der Waals surface area contributed by atoms with Gasteiger partial charge in [-0.2, -0.15) is 0 Å². The lowest BCUT2D eigenvalue weighted by molar-refractivity contribution is 0.156. The molecule has 0 aromatic heterocycles. The number of anilines is 1. The van der Waals surface area contributed by atoms with Crippen LogP contribution in [0.15, 0.2) is 24.3 Å². The highest BCUT2D eigenvalue weighted by Gasteiger charge is 2.01. The molecule has 0 fully saturated rings. The van der Waals surface area contributed by atoms with E-state index in [0.29, 0.717) is 13.0 Å². The molecule has 0 saturated heterocycles. The van der Waals surface area contributed by atoms with Crippen molar-refractivity contribution in [2.45, 2.75) is 32.3 Å². The Morgan fingerprint density at radius 2 is 2.19 bits per heavy atom. The lowest BCUT2D eigenvalue weighted by Crippen LogP contribution is -2.14. The zero-order valence-corrected chi connectivity index (χ0v) is 9.95. The molecule has 0 saturated carbocycles. The third-order valence-corrected chi connectivity index (χ3v) is 2.56. The molecular weight excluding hydrogens is 200 g/mol. The first-order valence-corrected chi connectivity index (χ1v) is 5.91. The molecule has 16 heavy (non-hydrogen) atoms. The van der Waals surface area contributed by atoms with Gasteiger partial charge < -0.3 is 16.2 Å². The van der Waals surface area contributed by atoms with E-state index < -0.39 is 0 Å². The minimum absolute atomic E-state index is 0.246. The Labute approximate surface area is 97.7 Å². The lowest BCUT2D eigenvalue weighted by atomic mass is 10.1. The fourth-order valence-corrected chi connectivity index (χ4v) is 1.66. The summed E-state index contributed by atoms with van der Waals surface area (Å²) in [6, 6.07) is 8.30. The minimum atomic E-state index is -0.246. The van der Waals surface area contributed by atoms with E-state index in [-0.39, 0.29) is 6.10 Å². The zero-order chi connectivity index (χ0) is 11.8. The van der Waals surface area contributed by atoms with Crippen LogP contribution in [0.25, 0.3) is 0 Å². The highest BCUT2D eigenvalue weighted by molar-refractivity contribution is 5.45. The molecule has 1 atom stereocenters. The summed E-state index contributed by atoms with van der Waals surface area (Å²) in [6.45, 7) is 3.54. The zero-order valence-electron chi connectivity index (χ0n) is 9.95. The van der Waals surface area contributed by atoms with Gasteiger partial charge in [0.25, 0.3) is 0 Å². The molecule has 0 aliphatic rings. The SMILES string of the molecule is Cc1cccc(NCCCC(O)CCN)c1. The third kappa shape index (κ3) is 5.14. The molecule has 1 rings (SSSR count). The van der Waals surface area contributed by atoms with E-state index in [2.05, 4.69) is 30.4 Å². The molecular formula is C13H22N2O. The van der Waals surface area contributed by atoms with Crippen molar-refractivity contribution in [3.63, 3.8) is 0 Å². The van der Waals surface area contributed by atoms with Crippen molar-refractivity contribution in [1.29, 1.82) is 0 Å². The van der Waals surface area contributed by atoms with Gasteiger partial charge in [-0.05, 0) is 50.4 Å². The second kappa shape index (κ2) is 7.25. The largest absolute Gasteiger partial charge is 0.393 e. The fourth-order valence-electron chi connectivity index (χ4n) is 1.66. The second-order valence-electron chi connectivity index (χ2n) is 4.17. The number of hydrogen-bond donors (Lipinski definition) is 3. The predicted molar refractivity (Wildman–Crippen MR) is 68.6 cm³/mol. The van der Waals surface area contributed by atoms with Crippen molar-refractivity contribution in [1.82, 2.24) is 0 Å². The summed E-state index contributed by atoms with van der Waals surface area (Å²) >= 11 is 0. The van der Waals surface area contributed by atoms with Gasteiger partial charge in [0.2, 0.25) is 0 Å². The monoisotopic (exact) mass is 222 g/mol. The van der Waals surface area contributed by atoms with Crippen LogP contribution in [0.1, 0.15) is 24.8 Å². The molecule has 0 bridgehead atoms. The number of nitrogens with two attached hydrogens (primary N) is 1. The maximum Gasteiger partial charge on any atom is 0.0553 e. The minimum Gasteiger partial charge on any atom is -0.393 e. The predicted octanol–water partition coefficient (Wildman–Crippen LogP) is 1.90. The van der Waals surface area contributed by atoms with Crippen molar-refractivity contribution in [3.05, 3.63) is 29.8 Å². The van der Waals surface area contributed by atoms with Crippen molar-refractivity contribution >= 4 is 5.69 Å². The Morgan fingerprint density at radius 1 is 1.38 bits per heavy atom. The van der Waals surface area contributed by atoms with E-state index in [0.717, 1.165) is 25.1 Å². The van der Waals surface area contributed by atoms with E-state index in [9.17, 15) is 5.11 Å². The summed E-state index contributed by atoms with van der Waals surface area (Å²) in [5, 5.41) is 12.8. The molecule has 0 heterocycles. The van der Waals surface area contributed by atoms with Crippen LogP contribution in [-0.2, 0) is 0 Å². The quantitative estimate of drug-likeness (QED) is 0.618. The molecule has 1 aromatic rings. The summed E-state index contributed by atoms with van der Waals surface area (Å²) in [5.74, 6) is 0. The van der Waals surface area contributed by atoms with Crippen molar-refractivity contribution in [2.24, 2.45) is 5.73 Å². The number of benzene rings is 1. The summed E-state index contributed by atoms with van der Waals surface area (Å²) in [5.41, 5.74) is 7.77. The van der Waals surface area contributed by atoms with Crippen LogP contribution in [0.4, 0.5) is 5.69 Å². The van der Waals surface area contributed by atoms with Gasteiger partial charge in [0, 0.05) is 12.2 Å². The molecule has 4 N–H and O–H groups in total. The van der Waals surface area contributed by atoms with Crippen LogP contribution in [0.3, 0.4) is 0 Å². The molecule has 0 aliphatic carbocycles. The normalized spacial score (nSPS) is 12.4. The average molecular weight is 222 g/mol. The molecule has 0 amide bonds. The molecule has 0 radical (unpaired) electrons. The van der Waals surface area contributed by atoms with Crippen LogP contribution >= 0.6 is 0 Å². The first-order chi connectivity index (χ1) is 7.72. The van der Waals surface area contributed by atoms with Crippen LogP contribution in [0, 0.1) is 6.92 Å². The van der Waals surface area contributed by atoms with Gasteiger partial charge in [-0.15, -0.1) is 0 Å². The number of rotatable bonds is 7. The highest BCUT2D eigenvalue weighted by atomic mass is 16.3. The third-order valence-electron chi connectivity index (χ3n) is 2.56. The molecule has 3 nitrogen and oxygen atoms in total. The first kappa shape index (κ1) is 13.0. The van der Waals surface area contributed by atoms with Crippen LogP contribution in [0.5, 0.6) is 0 Å². The van der Waals surface area contributed by atoms with Gasteiger partial charge in [-0.1, -0.05) is 12.1 Å². The Morgan fingerprint density at radius 3 is 2.88 bits per heavy atom. The summed E-state index contributed by atoms with van der Waals surface area (Å²) in [4.78, 5) is 0. The van der Waals surface area contributed by atoms with Gasteiger partial charge in [0.05, 0.1) is 6.10 Å². The summed E-state index contributed by atoms with van der Waals surface area (Å²) in [6.07, 6.45) is 2.24. The van der Waals surface area contributed by atoms with Crippen molar-refractivity contribution < 1.29 is 5.11 Å². The Balaban J connectivity index is 2.16. The smallest absolute Gasteiger partial charge is 0.0553 e. The molecule has 3 heteroatoms. The first-order valence-electron chi connectivity index (χ1n) is 5.91. The van der Waals surface area contributed by atoms with Crippen LogP contribution in [0.2, 0.25) is 0 Å². The van der Waals surface area contributed by atoms with E-state index in [1.54, 1.807) is 0 Å². The Hall–Kier alpha value is -1.06. The summed E-state index contributed by atoms with van der Waals surface area (Å²) in [7, 11) is 0. The highest BCUT2D eigenvalue weighted by Crippen LogP contribution is 2.10. The number of aliphatic hydroxyl groups is 1. The van der Waals surface area contributed by atoms with Gasteiger partial charge in [0.1, 0.15) is 0 Å². The van der Waals surface area contributed by atoms with Gasteiger partial charge in [0.15, 0.2) is 0 Å². The maximum atomic E-state index is 9.48. The Kier molecular flexibility index (Phi) is 5.90. The lowest BCUT2D eigenvalue weighted by Gasteiger charge is -2.10. The topological polar surface area (TPSA) is 58.3 Å². The number of hydrogen-bond acceptors (Lipinski definition) is 3. The Bertz CT molecular complexity index is 302. The van der Waals surface area contributed by atoms with Gasteiger partial charge in [-0.25, -0.2) is 0 Å². The average Bonchev–Trinajstić information content (AvgIpc) is 2.25. The van der Waals surface area contributed by atoms with E-state index in [1.165, 1.54) is 5.56 Å². The molecule has 0 aliphatic heterocycles.